The lowest BCUT2D eigenvalue weighted by atomic mass is 9.85. The van der Waals surface area contributed by atoms with Gasteiger partial charge in [0, 0.05) is 10.4 Å². The molecule has 0 aliphatic heterocycles. The fourth-order valence-corrected chi connectivity index (χ4v) is 2.63. The number of rotatable bonds is 5. The van der Waals surface area contributed by atoms with Crippen molar-refractivity contribution in [3.05, 3.63) is 34.9 Å². The quantitative estimate of drug-likeness (QED) is 0.609. The smallest absolute Gasteiger partial charge is 0.0408 e. The van der Waals surface area contributed by atoms with E-state index >= 15 is 0 Å². The number of hydrogen-bond acceptors (Lipinski definition) is 0. The zero-order valence-corrected chi connectivity index (χ0v) is 13.3. The average molecular weight is 318 g/mol. The molecule has 0 saturated carbocycles. The summed E-state index contributed by atoms with van der Waals surface area (Å²) in [6.45, 7) is 6.91. The molecule has 2 heteroatoms. The minimum absolute atomic E-state index is 0.425. The second kappa shape index (κ2) is 6.80. The van der Waals surface area contributed by atoms with E-state index in [0.29, 0.717) is 11.3 Å². The van der Waals surface area contributed by atoms with Gasteiger partial charge in [-0.25, -0.2) is 0 Å². The molecule has 0 fully saturated rings. The normalized spacial score (nSPS) is 13.7. The van der Waals surface area contributed by atoms with Crippen LogP contribution in [0.3, 0.4) is 0 Å². The Bertz CT molecular complexity index is 341. The summed E-state index contributed by atoms with van der Waals surface area (Å²) in [6, 6.07) is 8.21. The third-order valence-corrected chi connectivity index (χ3v) is 4.08. The average Bonchev–Trinajstić information content (AvgIpc) is 2.23. The first kappa shape index (κ1) is 15.0. The van der Waals surface area contributed by atoms with Crippen molar-refractivity contribution in [2.24, 2.45) is 11.3 Å². The highest BCUT2D eigenvalue weighted by Gasteiger charge is 2.15. The van der Waals surface area contributed by atoms with E-state index in [4.69, 9.17) is 11.6 Å². The maximum Gasteiger partial charge on any atom is 0.0408 e. The van der Waals surface area contributed by atoms with Crippen LogP contribution >= 0.6 is 27.5 Å². The summed E-state index contributed by atoms with van der Waals surface area (Å²) in [5, 5.41) is 1.90. The lowest BCUT2D eigenvalue weighted by Crippen LogP contribution is -2.12. The van der Waals surface area contributed by atoms with Crippen molar-refractivity contribution < 1.29 is 0 Å². The largest absolute Gasteiger partial charge is 0.0925 e. The number of hydrogen-bond donors (Lipinski definition) is 0. The van der Waals surface area contributed by atoms with Gasteiger partial charge in [0.05, 0.1) is 0 Å². The molecule has 96 valence electrons. The summed E-state index contributed by atoms with van der Waals surface area (Å²) in [6.07, 6.45) is 3.65. The van der Waals surface area contributed by atoms with Crippen LogP contribution in [0.4, 0.5) is 0 Å². The Kier molecular flexibility index (Phi) is 6.02. The Morgan fingerprint density at radius 1 is 1.29 bits per heavy atom. The van der Waals surface area contributed by atoms with Crippen molar-refractivity contribution in [3.63, 3.8) is 0 Å². The van der Waals surface area contributed by atoms with E-state index in [9.17, 15) is 0 Å². The maximum absolute atomic E-state index is 6.01. The van der Waals surface area contributed by atoms with Crippen LogP contribution in [0.15, 0.2) is 24.3 Å². The van der Waals surface area contributed by atoms with E-state index in [0.717, 1.165) is 16.8 Å². The van der Waals surface area contributed by atoms with Crippen molar-refractivity contribution in [2.45, 2.75) is 40.0 Å². The molecule has 0 saturated heterocycles. The molecule has 1 aromatic carbocycles. The van der Waals surface area contributed by atoms with E-state index in [-0.39, 0.29) is 0 Å². The zero-order chi connectivity index (χ0) is 12.9. The summed E-state index contributed by atoms with van der Waals surface area (Å²) in [5.41, 5.74) is 1.77. The van der Waals surface area contributed by atoms with Gasteiger partial charge in [0.25, 0.3) is 0 Å². The summed E-state index contributed by atoms with van der Waals surface area (Å²) in [5.74, 6) is 0.702. The van der Waals surface area contributed by atoms with Crippen molar-refractivity contribution in [1.82, 2.24) is 0 Å². The lowest BCUT2D eigenvalue weighted by Gasteiger charge is -2.22. The monoisotopic (exact) mass is 316 g/mol. The van der Waals surface area contributed by atoms with E-state index < -0.39 is 0 Å². The Hall–Kier alpha value is -0.0100. The Morgan fingerprint density at radius 3 is 2.53 bits per heavy atom. The molecule has 0 heterocycles. The van der Waals surface area contributed by atoms with Crippen LogP contribution in [0.2, 0.25) is 5.02 Å². The lowest BCUT2D eigenvalue weighted by molar-refractivity contribution is 0.332. The molecule has 0 nitrogen and oxygen atoms in total. The first-order valence-electron chi connectivity index (χ1n) is 6.21. The minimum atomic E-state index is 0.425. The summed E-state index contributed by atoms with van der Waals surface area (Å²) in [4.78, 5) is 0. The highest BCUT2D eigenvalue weighted by Crippen LogP contribution is 2.26. The van der Waals surface area contributed by atoms with Crippen LogP contribution in [-0.4, -0.2) is 5.33 Å². The molecule has 0 aromatic heterocycles. The molecular weight excluding hydrogens is 296 g/mol. The Labute approximate surface area is 119 Å². The molecule has 1 atom stereocenters. The van der Waals surface area contributed by atoms with E-state index in [1.54, 1.807) is 0 Å². The van der Waals surface area contributed by atoms with Crippen LogP contribution in [0.5, 0.6) is 0 Å². The zero-order valence-electron chi connectivity index (χ0n) is 11.0. The van der Waals surface area contributed by atoms with Gasteiger partial charge in [-0.1, -0.05) is 60.4 Å². The molecule has 17 heavy (non-hydrogen) atoms. The molecule has 0 N–H and O–H groups in total. The van der Waals surface area contributed by atoms with Crippen LogP contribution in [0, 0.1) is 11.3 Å². The molecule has 0 bridgehead atoms. The third-order valence-electron chi connectivity index (χ3n) is 2.93. The molecule has 0 spiro atoms. The van der Waals surface area contributed by atoms with Crippen LogP contribution in [0.25, 0.3) is 0 Å². The van der Waals surface area contributed by atoms with Gasteiger partial charge >= 0.3 is 0 Å². The first-order chi connectivity index (χ1) is 7.90. The highest BCUT2D eigenvalue weighted by atomic mass is 79.9. The SMILES string of the molecule is CC(C)(C)CCC(CBr)Cc1cccc(Cl)c1. The van der Waals surface area contributed by atoms with Gasteiger partial charge in [-0.3, -0.25) is 0 Å². The second-order valence-electron chi connectivity index (χ2n) is 5.95. The molecular formula is C15H22BrCl. The van der Waals surface area contributed by atoms with Gasteiger partial charge in [0.15, 0.2) is 0 Å². The fourth-order valence-electron chi connectivity index (χ4n) is 1.87. The van der Waals surface area contributed by atoms with Gasteiger partial charge < -0.3 is 0 Å². The van der Waals surface area contributed by atoms with Gasteiger partial charge in [-0.15, -0.1) is 0 Å². The van der Waals surface area contributed by atoms with Gasteiger partial charge in [0.1, 0.15) is 0 Å². The summed E-state index contributed by atoms with van der Waals surface area (Å²) < 4.78 is 0. The van der Waals surface area contributed by atoms with Gasteiger partial charge in [-0.05, 0) is 48.3 Å². The van der Waals surface area contributed by atoms with E-state index in [1.807, 2.05) is 12.1 Å². The predicted molar refractivity (Wildman–Crippen MR) is 81.1 cm³/mol. The number of benzene rings is 1. The van der Waals surface area contributed by atoms with Gasteiger partial charge in [0.2, 0.25) is 0 Å². The molecule has 1 rings (SSSR count). The molecule has 0 aliphatic carbocycles. The molecule has 0 radical (unpaired) electrons. The van der Waals surface area contributed by atoms with E-state index in [2.05, 4.69) is 48.8 Å². The summed E-state index contributed by atoms with van der Waals surface area (Å²) in [7, 11) is 0. The second-order valence-corrected chi connectivity index (χ2v) is 7.04. The van der Waals surface area contributed by atoms with Crippen molar-refractivity contribution in [1.29, 1.82) is 0 Å². The predicted octanol–water partition coefficient (Wildman–Crippen LogP) is 5.72. The van der Waals surface area contributed by atoms with Crippen LogP contribution in [-0.2, 0) is 6.42 Å². The Balaban J connectivity index is 2.52. The third kappa shape index (κ3) is 6.47. The van der Waals surface area contributed by atoms with Crippen LogP contribution < -0.4 is 0 Å². The highest BCUT2D eigenvalue weighted by molar-refractivity contribution is 9.09. The minimum Gasteiger partial charge on any atom is -0.0925 e. The number of halogens is 2. The Morgan fingerprint density at radius 2 is 2.00 bits per heavy atom. The van der Waals surface area contributed by atoms with Crippen LogP contribution in [0.1, 0.15) is 39.2 Å². The maximum atomic E-state index is 6.01. The van der Waals surface area contributed by atoms with Crippen molar-refractivity contribution >= 4 is 27.5 Å². The topological polar surface area (TPSA) is 0 Å². The fraction of sp³-hybridized carbons (Fsp3) is 0.600. The molecule has 1 unspecified atom stereocenters. The summed E-state index contributed by atoms with van der Waals surface area (Å²) >= 11 is 9.64. The molecule has 0 aliphatic rings. The van der Waals surface area contributed by atoms with Crippen molar-refractivity contribution in [2.75, 3.05) is 5.33 Å². The standard InChI is InChI=1S/C15H22BrCl/c1-15(2,3)8-7-13(11-16)9-12-5-4-6-14(17)10-12/h4-6,10,13H,7-9,11H2,1-3H3. The van der Waals surface area contributed by atoms with Crippen molar-refractivity contribution in [3.8, 4) is 0 Å². The van der Waals surface area contributed by atoms with E-state index in [1.165, 1.54) is 18.4 Å². The molecule has 0 amide bonds. The van der Waals surface area contributed by atoms with Gasteiger partial charge in [-0.2, -0.15) is 0 Å². The first-order valence-corrected chi connectivity index (χ1v) is 7.71. The molecule has 1 aromatic rings. The number of alkyl halides is 1.